The maximum atomic E-state index is 14.1. The molecule has 1 fully saturated rings. The molecule has 178 valence electrons. The summed E-state index contributed by atoms with van der Waals surface area (Å²) < 4.78 is 0. The summed E-state index contributed by atoms with van der Waals surface area (Å²) in [5.74, 6) is -1.15. The molecular weight excluding hydrogens is 477 g/mol. The van der Waals surface area contributed by atoms with Crippen molar-refractivity contribution < 1.29 is 14.7 Å². The molecule has 4 atom stereocenters. The lowest BCUT2D eigenvalue weighted by atomic mass is 9.67. The summed E-state index contributed by atoms with van der Waals surface area (Å²) in [6, 6.07) is 13.2. The second-order valence-electron chi connectivity index (χ2n) is 8.90. The molecule has 1 amide bonds. The number of nitrogens with one attached hydrogen (secondary N) is 1. The van der Waals surface area contributed by atoms with Crippen LogP contribution in [0.1, 0.15) is 55.6 Å². The van der Waals surface area contributed by atoms with Gasteiger partial charge in [-0.2, -0.15) is 5.21 Å². The van der Waals surface area contributed by atoms with Crippen LogP contribution in [0.15, 0.2) is 48.5 Å². The maximum absolute atomic E-state index is 14.1. The van der Waals surface area contributed by atoms with Crippen LogP contribution >= 0.6 is 23.2 Å². The smallest absolute Gasteiger partial charge is 0.326 e. The lowest BCUT2D eigenvalue weighted by Gasteiger charge is -2.51. The Labute approximate surface area is 207 Å². The van der Waals surface area contributed by atoms with Crippen LogP contribution < -0.4 is 0 Å². The third-order valence-corrected chi connectivity index (χ3v) is 7.02. The Morgan fingerprint density at radius 2 is 1.94 bits per heavy atom. The zero-order valence-electron chi connectivity index (χ0n) is 18.8. The highest BCUT2D eigenvalue weighted by molar-refractivity contribution is 6.30. The highest BCUT2D eigenvalue weighted by atomic mass is 35.5. The van der Waals surface area contributed by atoms with Crippen molar-refractivity contribution >= 4 is 35.1 Å². The Bertz CT molecular complexity index is 1170. The molecule has 4 unspecified atom stereocenters. The van der Waals surface area contributed by atoms with Crippen LogP contribution in [0, 0.1) is 5.41 Å². The zero-order valence-corrected chi connectivity index (χ0v) is 20.3. The summed E-state index contributed by atoms with van der Waals surface area (Å²) in [5.41, 5.74) is 0.774. The monoisotopic (exact) mass is 501 g/mol. The van der Waals surface area contributed by atoms with E-state index in [1.165, 1.54) is 4.90 Å². The van der Waals surface area contributed by atoms with Crippen LogP contribution in [0.2, 0.25) is 10.0 Å². The van der Waals surface area contributed by atoms with E-state index in [4.69, 9.17) is 23.2 Å². The van der Waals surface area contributed by atoms with Gasteiger partial charge in [0.1, 0.15) is 6.04 Å². The van der Waals surface area contributed by atoms with Crippen LogP contribution in [0.5, 0.6) is 0 Å². The predicted octanol–water partition coefficient (Wildman–Crippen LogP) is 4.68. The Kier molecular flexibility index (Phi) is 6.91. The van der Waals surface area contributed by atoms with E-state index in [2.05, 4.69) is 20.6 Å². The molecule has 8 nitrogen and oxygen atoms in total. The second-order valence-corrected chi connectivity index (χ2v) is 9.78. The number of amides is 1. The molecule has 1 aliphatic heterocycles. The van der Waals surface area contributed by atoms with Crippen molar-refractivity contribution in [1.29, 1.82) is 0 Å². The van der Waals surface area contributed by atoms with Crippen molar-refractivity contribution in [1.82, 2.24) is 25.5 Å². The number of hydrogen-bond acceptors (Lipinski definition) is 5. The van der Waals surface area contributed by atoms with E-state index in [-0.39, 0.29) is 24.7 Å². The lowest BCUT2D eigenvalue weighted by molar-refractivity contribution is -0.164. The molecule has 1 aromatic heterocycles. The number of carboxylic acids is 1. The number of tetrazole rings is 1. The molecule has 0 radical (unpaired) electrons. The summed E-state index contributed by atoms with van der Waals surface area (Å²) in [5, 5.41) is 25.4. The number of piperidine rings is 1. The van der Waals surface area contributed by atoms with Gasteiger partial charge in [-0.15, -0.1) is 10.2 Å². The molecule has 1 saturated heterocycles. The van der Waals surface area contributed by atoms with Crippen LogP contribution in [0.25, 0.3) is 0 Å². The van der Waals surface area contributed by atoms with E-state index in [1.54, 1.807) is 25.1 Å². The summed E-state index contributed by atoms with van der Waals surface area (Å²) in [4.78, 5) is 28.0. The van der Waals surface area contributed by atoms with Gasteiger partial charge in [0.15, 0.2) is 5.82 Å². The summed E-state index contributed by atoms with van der Waals surface area (Å²) in [6.07, 6.45) is 0.922. The van der Waals surface area contributed by atoms with Crippen LogP contribution in [-0.2, 0) is 16.0 Å². The minimum absolute atomic E-state index is 0.222. The highest BCUT2D eigenvalue weighted by Crippen LogP contribution is 2.51. The standard InChI is InChI=1S/C24H25Cl2N5O3/c1-3-19(22(32)33)31-21(14-7-9-16(25)10-8-14)18(15-5-4-6-17(26)11-15)12-24(2,23(31)34)13-20-27-29-30-28-20/h4-11,18-19,21H,3,12-13H2,1-2H3,(H,32,33)(H,27,28,29,30). The van der Waals surface area contributed by atoms with Gasteiger partial charge in [0, 0.05) is 22.4 Å². The van der Waals surface area contributed by atoms with Crippen molar-refractivity contribution in [3.63, 3.8) is 0 Å². The molecule has 34 heavy (non-hydrogen) atoms. The lowest BCUT2D eigenvalue weighted by Crippen LogP contribution is -2.58. The van der Waals surface area contributed by atoms with E-state index >= 15 is 0 Å². The molecule has 4 rings (SSSR count). The predicted molar refractivity (Wildman–Crippen MR) is 128 cm³/mol. The van der Waals surface area contributed by atoms with Gasteiger partial charge in [0.05, 0.1) is 11.5 Å². The molecule has 2 N–H and O–H groups in total. The summed E-state index contributed by atoms with van der Waals surface area (Å²) in [6.45, 7) is 3.60. The molecule has 3 aromatic rings. The number of benzene rings is 2. The number of halogens is 2. The summed E-state index contributed by atoms with van der Waals surface area (Å²) >= 11 is 12.5. The molecule has 0 spiro atoms. The van der Waals surface area contributed by atoms with E-state index in [9.17, 15) is 14.7 Å². The summed E-state index contributed by atoms with van der Waals surface area (Å²) in [7, 11) is 0. The van der Waals surface area contributed by atoms with Gasteiger partial charge in [-0.1, -0.05) is 66.5 Å². The maximum Gasteiger partial charge on any atom is 0.326 e. The quantitative estimate of drug-likeness (QED) is 0.486. The molecule has 2 heterocycles. The van der Waals surface area contributed by atoms with Gasteiger partial charge >= 0.3 is 5.97 Å². The van der Waals surface area contributed by atoms with Crippen molar-refractivity contribution in [2.75, 3.05) is 0 Å². The van der Waals surface area contributed by atoms with Crippen LogP contribution in [0.4, 0.5) is 0 Å². The zero-order chi connectivity index (χ0) is 24.5. The number of hydrogen-bond donors (Lipinski definition) is 2. The van der Waals surface area contributed by atoms with Crippen LogP contribution in [-0.4, -0.2) is 48.5 Å². The Hall–Kier alpha value is -2.97. The number of H-pyrrole nitrogens is 1. The van der Waals surface area contributed by atoms with Crippen molar-refractivity contribution in [3.8, 4) is 0 Å². The fourth-order valence-corrected chi connectivity index (χ4v) is 5.31. The molecule has 2 aromatic carbocycles. The first-order valence-electron chi connectivity index (χ1n) is 11.0. The first kappa shape index (κ1) is 24.2. The fourth-order valence-electron chi connectivity index (χ4n) is 4.99. The van der Waals surface area contributed by atoms with Gasteiger partial charge in [-0.05, 0) is 48.2 Å². The number of carbonyl (C=O) groups excluding carboxylic acids is 1. The van der Waals surface area contributed by atoms with Gasteiger partial charge in [0.25, 0.3) is 0 Å². The van der Waals surface area contributed by atoms with Gasteiger partial charge in [0.2, 0.25) is 5.91 Å². The minimum Gasteiger partial charge on any atom is -0.480 e. The van der Waals surface area contributed by atoms with Crippen molar-refractivity contribution in [3.05, 3.63) is 75.5 Å². The third kappa shape index (κ3) is 4.65. The van der Waals surface area contributed by atoms with Crippen molar-refractivity contribution in [2.45, 2.75) is 51.1 Å². The normalized spacial score (nSPS) is 23.6. The Balaban J connectivity index is 1.91. The fraction of sp³-hybridized carbons (Fsp3) is 0.375. The van der Waals surface area contributed by atoms with Gasteiger partial charge in [-0.25, -0.2) is 4.79 Å². The number of carbonyl (C=O) groups is 2. The topological polar surface area (TPSA) is 112 Å². The Morgan fingerprint density at radius 1 is 1.21 bits per heavy atom. The minimum atomic E-state index is -1.05. The molecule has 1 aliphatic rings. The number of nitrogens with zero attached hydrogens (tertiary/aromatic N) is 4. The number of aliphatic carboxylic acids is 1. The SMILES string of the molecule is CCC(C(=O)O)N1C(=O)C(C)(Cc2nn[nH]n2)CC(c2cccc(Cl)c2)C1c1ccc(Cl)cc1. The van der Waals surface area contributed by atoms with Crippen molar-refractivity contribution in [2.24, 2.45) is 5.41 Å². The number of aromatic nitrogens is 4. The van der Waals surface area contributed by atoms with Gasteiger partial charge < -0.3 is 10.0 Å². The first-order chi connectivity index (χ1) is 16.2. The molecule has 10 heteroatoms. The van der Waals surface area contributed by atoms with Crippen LogP contribution in [0.3, 0.4) is 0 Å². The average Bonchev–Trinajstić information content (AvgIpc) is 3.30. The number of likely N-dealkylation sites (tertiary alicyclic amines) is 1. The highest BCUT2D eigenvalue weighted by Gasteiger charge is 2.53. The molecule has 0 saturated carbocycles. The Morgan fingerprint density at radius 3 is 2.53 bits per heavy atom. The average molecular weight is 502 g/mol. The van der Waals surface area contributed by atoms with E-state index in [0.29, 0.717) is 22.3 Å². The number of aromatic amines is 1. The van der Waals surface area contributed by atoms with E-state index < -0.39 is 23.5 Å². The molecule has 0 aliphatic carbocycles. The third-order valence-electron chi connectivity index (χ3n) is 6.54. The van der Waals surface area contributed by atoms with E-state index in [1.807, 2.05) is 37.3 Å². The van der Waals surface area contributed by atoms with E-state index in [0.717, 1.165) is 11.1 Å². The van der Waals surface area contributed by atoms with Gasteiger partial charge in [-0.3, -0.25) is 4.79 Å². The number of carboxylic acid groups (broad SMARTS) is 1. The largest absolute Gasteiger partial charge is 0.480 e. The molecular formula is C24H25Cl2N5O3. The second kappa shape index (κ2) is 9.72. The first-order valence-corrected chi connectivity index (χ1v) is 11.8. The number of rotatable bonds is 7. The molecule has 0 bridgehead atoms.